The molecule has 0 bridgehead atoms. The average Bonchev–Trinajstić information content (AvgIpc) is 2.83. The van der Waals surface area contributed by atoms with Gasteiger partial charge in [-0.3, -0.25) is 0 Å². The van der Waals surface area contributed by atoms with Crippen molar-refractivity contribution in [3.8, 4) is 43.8 Å². The second-order valence-electron chi connectivity index (χ2n) is 6.61. The number of hydrogen-bond donors (Lipinski definition) is 0. The van der Waals surface area contributed by atoms with Crippen LogP contribution in [0.1, 0.15) is 0 Å². The molecule has 0 aliphatic heterocycles. The van der Waals surface area contributed by atoms with Crippen LogP contribution in [-0.2, 0) is 0 Å². The van der Waals surface area contributed by atoms with Gasteiger partial charge in [-0.25, -0.2) is 18.6 Å². The minimum atomic E-state index is -4.94. The zero-order valence-electron chi connectivity index (χ0n) is 17.8. The molecule has 7 nitrogen and oxygen atoms in total. The molecular formula is C24H20ClNO6S. The number of benzene rings is 3. The fourth-order valence-corrected chi connectivity index (χ4v) is 3.96. The third-order valence-electron chi connectivity index (χ3n) is 4.48. The van der Waals surface area contributed by atoms with Crippen LogP contribution in [-0.4, -0.2) is 19.2 Å². The van der Waals surface area contributed by atoms with Crippen molar-refractivity contribution in [3.63, 3.8) is 0 Å². The van der Waals surface area contributed by atoms with Gasteiger partial charge in [-0.1, -0.05) is 18.2 Å². The van der Waals surface area contributed by atoms with Gasteiger partial charge in [0.1, 0.15) is 11.5 Å². The van der Waals surface area contributed by atoms with E-state index >= 15 is 0 Å². The Morgan fingerprint density at radius 3 is 1.64 bits per heavy atom. The van der Waals surface area contributed by atoms with Crippen LogP contribution in [0.3, 0.4) is 0 Å². The number of halogens is 1. The molecule has 9 heteroatoms. The Balaban J connectivity index is 0.000000555. The van der Waals surface area contributed by atoms with Gasteiger partial charge in [0.25, 0.3) is 11.3 Å². The quantitative estimate of drug-likeness (QED) is 0.394. The van der Waals surface area contributed by atoms with E-state index in [1.807, 2.05) is 54.6 Å². The number of ether oxygens (including phenoxy) is 2. The lowest BCUT2D eigenvalue weighted by Gasteiger charge is -2.17. The normalized spacial score (nSPS) is 10.7. The zero-order chi connectivity index (χ0) is 23.8. The van der Waals surface area contributed by atoms with E-state index in [-0.39, 0.29) is 0 Å². The van der Waals surface area contributed by atoms with E-state index in [4.69, 9.17) is 33.1 Å². The van der Waals surface area contributed by atoms with Crippen molar-refractivity contribution in [3.05, 3.63) is 84.9 Å². The first kappa shape index (κ1) is 24.5. The molecule has 0 fully saturated rings. The van der Waals surface area contributed by atoms with Crippen LogP contribution >= 0.6 is 11.3 Å². The average molecular weight is 486 g/mol. The Morgan fingerprint density at radius 2 is 1.15 bits per heavy atom. The van der Waals surface area contributed by atoms with Gasteiger partial charge in [-0.2, -0.15) is 4.98 Å². The van der Waals surface area contributed by atoms with Gasteiger partial charge in [-0.05, 0) is 60.7 Å². The molecule has 0 unspecified atom stereocenters. The lowest BCUT2D eigenvalue weighted by atomic mass is 10.1. The molecule has 0 aliphatic rings. The van der Waals surface area contributed by atoms with Crippen molar-refractivity contribution in [1.29, 1.82) is 0 Å². The van der Waals surface area contributed by atoms with E-state index in [0.29, 0.717) is 0 Å². The first-order valence-electron chi connectivity index (χ1n) is 9.58. The van der Waals surface area contributed by atoms with Gasteiger partial charge in [0, 0.05) is 17.2 Å². The summed E-state index contributed by atoms with van der Waals surface area (Å²) >= 11 is 1.68. The van der Waals surface area contributed by atoms with Gasteiger partial charge in [0.15, 0.2) is 0 Å². The highest BCUT2D eigenvalue weighted by Crippen LogP contribution is 2.35. The Morgan fingerprint density at radius 1 is 0.667 bits per heavy atom. The van der Waals surface area contributed by atoms with Crippen molar-refractivity contribution in [2.24, 2.45) is 0 Å². The summed E-state index contributed by atoms with van der Waals surface area (Å²) in [6.07, 6.45) is 0. The Kier molecular flexibility index (Phi) is 8.29. The molecule has 170 valence electrons. The van der Waals surface area contributed by atoms with Gasteiger partial charge in [0.05, 0.1) is 25.5 Å². The van der Waals surface area contributed by atoms with Crippen molar-refractivity contribution >= 4 is 11.3 Å². The van der Waals surface area contributed by atoms with Crippen molar-refractivity contribution in [1.82, 2.24) is 4.98 Å². The summed E-state index contributed by atoms with van der Waals surface area (Å²) in [5.41, 5.74) is 4.24. The molecule has 1 aromatic heterocycles. The van der Waals surface area contributed by atoms with Crippen LogP contribution in [0.2, 0.25) is 0 Å². The number of hydrogen-bond acceptors (Lipinski definition) is 7. The highest BCUT2D eigenvalue weighted by molar-refractivity contribution is 7.18. The lowest BCUT2D eigenvalue weighted by molar-refractivity contribution is -2.00. The van der Waals surface area contributed by atoms with E-state index in [2.05, 4.69) is 30.3 Å². The third-order valence-corrected chi connectivity index (χ3v) is 5.57. The second-order valence-corrected chi connectivity index (χ2v) is 8.40. The first-order valence-corrected chi connectivity index (χ1v) is 11.6. The van der Waals surface area contributed by atoms with Crippen LogP contribution in [0.5, 0.6) is 11.5 Å². The summed E-state index contributed by atoms with van der Waals surface area (Å²) < 4.78 is 44.5. The highest BCUT2D eigenvalue weighted by atomic mass is 35.7. The van der Waals surface area contributed by atoms with E-state index in [1.165, 1.54) is 0 Å². The van der Waals surface area contributed by atoms with Crippen LogP contribution in [0.4, 0.5) is 0 Å². The van der Waals surface area contributed by atoms with E-state index in [0.717, 1.165) is 43.8 Å². The third kappa shape index (κ3) is 7.47. The van der Waals surface area contributed by atoms with Gasteiger partial charge in [0.2, 0.25) is 4.88 Å². The number of rotatable bonds is 5. The first-order chi connectivity index (χ1) is 15.8. The molecule has 0 saturated heterocycles. The van der Waals surface area contributed by atoms with Crippen molar-refractivity contribution in [2.75, 3.05) is 14.2 Å². The van der Waals surface area contributed by atoms with E-state index < -0.39 is 10.2 Å². The summed E-state index contributed by atoms with van der Waals surface area (Å²) in [6, 6.07) is 28.6. The van der Waals surface area contributed by atoms with Gasteiger partial charge in [-0.15, -0.1) is 10.2 Å². The number of methoxy groups -OCH3 is 2. The fourth-order valence-electron chi connectivity index (χ4n) is 2.93. The molecule has 0 N–H and O–H groups in total. The number of aromatic nitrogens is 1. The van der Waals surface area contributed by atoms with Gasteiger partial charge >= 0.3 is 5.01 Å². The smallest absolute Gasteiger partial charge is 0.331 e. The summed E-state index contributed by atoms with van der Waals surface area (Å²) in [5, 5.41) is 0.986. The molecular weight excluding hydrogens is 466 g/mol. The molecule has 0 aliphatic carbocycles. The minimum Gasteiger partial charge on any atom is -0.497 e. The summed E-state index contributed by atoms with van der Waals surface area (Å²) in [5.74, 6) is 1.68. The summed E-state index contributed by atoms with van der Waals surface area (Å²) in [7, 11) is -1.59. The maximum atomic E-state index is 8.49. The molecule has 3 aromatic carbocycles. The van der Waals surface area contributed by atoms with E-state index in [1.54, 1.807) is 25.6 Å². The minimum absolute atomic E-state index is 0.834. The van der Waals surface area contributed by atoms with E-state index in [9.17, 15) is 0 Å². The Labute approximate surface area is 197 Å². The predicted molar refractivity (Wildman–Crippen MR) is 116 cm³/mol. The molecule has 0 atom stereocenters. The molecule has 4 aromatic rings. The molecule has 0 spiro atoms. The highest BCUT2D eigenvalue weighted by Gasteiger charge is 2.21. The van der Waals surface area contributed by atoms with Crippen LogP contribution in [0, 0.1) is 10.2 Å². The van der Waals surface area contributed by atoms with Crippen LogP contribution in [0.25, 0.3) is 32.3 Å². The predicted octanol–water partition coefficient (Wildman–Crippen LogP) is 1.69. The lowest BCUT2D eigenvalue weighted by Crippen LogP contribution is -2.68. The summed E-state index contributed by atoms with van der Waals surface area (Å²) in [6.45, 7) is 0. The molecule has 4 rings (SSSR count). The standard InChI is InChI=1S/C24H20NO2S.ClHO4/c1-26-20-12-8-17(9-13-20)22-16-23(18-10-14-21(27-2)15-11-18)28-24(25-22)19-6-4-3-5-7-19;2-1(3,4)5/h3-16H,1-2H3;(H,2,3,4,5)/q+1;/p-1. The molecule has 0 amide bonds. The maximum absolute atomic E-state index is 8.49. The second kappa shape index (κ2) is 11.2. The largest absolute Gasteiger partial charge is 0.497 e. The van der Waals surface area contributed by atoms with Crippen molar-refractivity contribution in [2.45, 2.75) is 0 Å². The Bertz CT molecular complexity index is 1090. The summed E-state index contributed by atoms with van der Waals surface area (Å²) in [4.78, 5) is 6.10. The maximum Gasteiger partial charge on any atom is 0.331 e. The van der Waals surface area contributed by atoms with Crippen molar-refractivity contribution < 1.29 is 38.4 Å². The molecule has 0 radical (unpaired) electrons. The van der Waals surface area contributed by atoms with Gasteiger partial charge < -0.3 is 9.47 Å². The molecule has 33 heavy (non-hydrogen) atoms. The Hall–Kier alpha value is -3.11. The number of nitrogens with zero attached hydrogens (tertiary/aromatic N) is 1. The SMILES string of the molecule is COc1ccc(-c2cc(-c3ccc(OC)cc3)[s+]c(-c3ccccc3)n2)cc1.[O-][Cl+3]([O-])([O-])[O-]. The topological polar surface area (TPSA) is 124 Å². The zero-order valence-corrected chi connectivity index (χ0v) is 19.3. The monoisotopic (exact) mass is 485 g/mol. The van der Waals surface area contributed by atoms with Crippen LogP contribution in [0.15, 0.2) is 84.9 Å². The van der Waals surface area contributed by atoms with Crippen LogP contribution < -0.4 is 28.1 Å². The molecule has 0 saturated carbocycles. The molecule has 1 heterocycles. The fraction of sp³-hybridized carbons (Fsp3) is 0.0833.